The van der Waals surface area contributed by atoms with Crippen LogP contribution in [0.15, 0.2) is 47.4 Å². The van der Waals surface area contributed by atoms with Gasteiger partial charge in [-0.3, -0.25) is 4.79 Å². The van der Waals surface area contributed by atoms with Crippen molar-refractivity contribution in [2.24, 2.45) is 5.73 Å². The summed E-state index contributed by atoms with van der Waals surface area (Å²) in [7, 11) is 0. The van der Waals surface area contributed by atoms with Crippen LogP contribution in [0.5, 0.6) is 0 Å². The minimum absolute atomic E-state index is 0.126. The Hall–Kier alpha value is -3.19. The van der Waals surface area contributed by atoms with E-state index in [-0.39, 0.29) is 17.0 Å². The van der Waals surface area contributed by atoms with E-state index in [0.717, 1.165) is 24.8 Å². The summed E-state index contributed by atoms with van der Waals surface area (Å²) in [5.41, 5.74) is 8.09. The number of nitrogens with zero attached hydrogens (tertiary/aromatic N) is 2. The van der Waals surface area contributed by atoms with Crippen molar-refractivity contribution in [3.05, 3.63) is 75.3 Å². The first-order chi connectivity index (χ1) is 15.0. The minimum atomic E-state index is -1.28. The van der Waals surface area contributed by atoms with Crippen LogP contribution in [0, 0.1) is 5.82 Å². The van der Waals surface area contributed by atoms with Gasteiger partial charge in [-0.15, -0.1) is 0 Å². The summed E-state index contributed by atoms with van der Waals surface area (Å²) in [4.78, 5) is 26.2. The number of nitrogens with two attached hydrogens (primary N) is 1. The van der Waals surface area contributed by atoms with Gasteiger partial charge in [0.1, 0.15) is 11.4 Å². The van der Waals surface area contributed by atoms with Crippen LogP contribution >= 0.6 is 0 Å². The second-order valence-electron chi connectivity index (χ2n) is 8.51. The molecule has 0 bridgehead atoms. The molecule has 3 N–H and O–H groups in total. The molecule has 3 aromatic rings. The predicted molar refractivity (Wildman–Crippen MR) is 117 cm³/mol. The van der Waals surface area contributed by atoms with E-state index in [0.29, 0.717) is 36.8 Å². The summed E-state index contributed by atoms with van der Waals surface area (Å²) >= 11 is 0. The Bertz CT molecular complexity index is 1230. The lowest BCUT2D eigenvalue weighted by Crippen LogP contribution is -2.22. The minimum Gasteiger partial charge on any atom is -0.477 e. The number of rotatable bonds is 5. The molecule has 2 aromatic carbocycles. The van der Waals surface area contributed by atoms with Crippen molar-refractivity contribution >= 4 is 22.6 Å². The molecule has 1 saturated heterocycles. The molecule has 1 atom stereocenters. The molecule has 0 radical (unpaired) electrons. The maximum atomic E-state index is 15.1. The largest absolute Gasteiger partial charge is 0.477 e. The lowest BCUT2D eigenvalue weighted by molar-refractivity contribution is 0.0695. The molecule has 31 heavy (non-hydrogen) atoms. The van der Waals surface area contributed by atoms with Crippen molar-refractivity contribution in [3.63, 3.8) is 0 Å². The SMILES string of the molecule is NCc1ccc(C2CCN(c3cc4c(cc3F)c(=O)c(C(=O)O)cn4C3CC3)C2)cc1. The van der Waals surface area contributed by atoms with Gasteiger partial charge in [0.25, 0.3) is 0 Å². The van der Waals surface area contributed by atoms with Crippen molar-refractivity contribution in [1.82, 2.24) is 4.57 Å². The molecule has 2 aliphatic rings. The highest BCUT2D eigenvalue weighted by molar-refractivity contribution is 5.93. The number of carbonyl (C=O) groups is 1. The molecule has 7 heteroatoms. The number of hydrogen-bond donors (Lipinski definition) is 2. The van der Waals surface area contributed by atoms with E-state index in [9.17, 15) is 14.7 Å². The van der Waals surface area contributed by atoms with Gasteiger partial charge in [-0.2, -0.15) is 0 Å². The van der Waals surface area contributed by atoms with E-state index in [1.54, 1.807) is 6.07 Å². The van der Waals surface area contributed by atoms with Crippen LogP contribution in [0.25, 0.3) is 10.9 Å². The van der Waals surface area contributed by atoms with E-state index in [1.165, 1.54) is 17.8 Å². The molecule has 0 spiro atoms. The Morgan fingerprint density at radius 3 is 2.55 bits per heavy atom. The van der Waals surface area contributed by atoms with Crippen molar-refractivity contribution in [2.45, 2.75) is 37.8 Å². The molecule has 2 heterocycles. The fourth-order valence-electron chi connectivity index (χ4n) is 4.59. The van der Waals surface area contributed by atoms with Crippen LogP contribution in [0.2, 0.25) is 0 Å². The number of fused-ring (bicyclic) bond motifs is 1. The van der Waals surface area contributed by atoms with Gasteiger partial charge in [-0.05, 0) is 42.5 Å². The number of anilines is 1. The number of carboxylic acid groups (broad SMARTS) is 1. The average Bonchev–Trinajstić information content (AvgIpc) is 3.50. The smallest absolute Gasteiger partial charge is 0.341 e. The van der Waals surface area contributed by atoms with Gasteiger partial charge >= 0.3 is 5.97 Å². The van der Waals surface area contributed by atoms with Gasteiger partial charge < -0.3 is 20.3 Å². The standard InChI is InChI=1S/C24H24FN3O3/c25-20-9-18-21(28(17-5-6-17)13-19(23(18)29)24(30)31)10-22(20)27-8-7-16(12-27)15-3-1-14(11-26)2-4-15/h1-4,9-10,13,16-17H,5-8,11-12,26H2,(H,30,31). The Morgan fingerprint density at radius 2 is 1.90 bits per heavy atom. The third kappa shape index (κ3) is 3.49. The number of aromatic nitrogens is 1. The fourth-order valence-corrected chi connectivity index (χ4v) is 4.59. The number of aromatic carboxylic acids is 1. The molecular formula is C24H24FN3O3. The number of pyridine rings is 1. The van der Waals surface area contributed by atoms with Crippen LogP contribution in [-0.2, 0) is 6.54 Å². The van der Waals surface area contributed by atoms with E-state index in [4.69, 9.17) is 5.73 Å². The van der Waals surface area contributed by atoms with Crippen molar-refractivity contribution < 1.29 is 14.3 Å². The van der Waals surface area contributed by atoms with Crippen molar-refractivity contribution in [2.75, 3.05) is 18.0 Å². The summed E-state index contributed by atoms with van der Waals surface area (Å²) in [6, 6.07) is 11.3. The molecule has 1 saturated carbocycles. The number of hydrogen-bond acceptors (Lipinski definition) is 4. The fraction of sp³-hybridized carbons (Fsp3) is 0.333. The third-order valence-corrected chi connectivity index (χ3v) is 6.49. The van der Waals surface area contributed by atoms with Gasteiger partial charge in [0.05, 0.1) is 11.2 Å². The molecule has 0 amide bonds. The summed E-state index contributed by atoms with van der Waals surface area (Å²) in [5, 5.41) is 9.52. The summed E-state index contributed by atoms with van der Waals surface area (Å²) in [6.45, 7) is 1.91. The normalized spacial score (nSPS) is 18.6. The molecule has 5 rings (SSSR count). The molecule has 6 nitrogen and oxygen atoms in total. The van der Waals surface area contributed by atoms with E-state index in [2.05, 4.69) is 12.1 Å². The Labute approximate surface area is 178 Å². The highest BCUT2D eigenvalue weighted by Crippen LogP contribution is 2.39. The lowest BCUT2D eigenvalue weighted by Gasteiger charge is -2.21. The average molecular weight is 421 g/mol. The first kappa shape index (κ1) is 19.8. The third-order valence-electron chi connectivity index (χ3n) is 6.49. The molecule has 1 aromatic heterocycles. The van der Waals surface area contributed by atoms with Gasteiger partial charge in [-0.1, -0.05) is 24.3 Å². The monoisotopic (exact) mass is 421 g/mol. The van der Waals surface area contributed by atoms with Gasteiger partial charge in [0.2, 0.25) is 5.43 Å². The first-order valence-corrected chi connectivity index (χ1v) is 10.6. The molecule has 1 aliphatic heterocycles. The van der Waals surface area contributed by atoms with Crippen LogP contribution in [0.1, 0.15) is 52.7 Å². The van der Waals surface area contributed by atoms with Crippen LogP contribution < -0.4 is 16.1 Å². The van der Waals surface area contributed by atoms with E-state index < -0.39 is 17.2 Å². The molecule has 160 valence electrons. The first-order valence-electron chi connectivity index (χ1n) is 10.6. The van der Waals surface area contributed by atoms with Crippen LogP contribution in [0.3, 0.4) is 0 Å². The second-order valence-corrected chi connectivity index (χ2v) is 8.51. The topological polar surface area (TPSA) is 88.6 Å². The van der Waals surface area contributed by atoms with E-state index >= 15 is 4.39 Å². The van der Waals surface area contributed by atoms with Gasteiger partial charge in [-0.25, -0.2) is 9.18 Å². The number of benzene rings is 2. The van der Waals surface area contributed by atoms with Crippen LogP contribution in [-0.4, -0.2) is 28.7 Å². The zero-order valence-corrected chi connectivity index (χ0v) is 17.1. The molecule has 1 unspecified atom stereocenters. The quantitative estimate of drug-likeness (QED) is 0.657. The highest BCUT2D eigenvalue weighted by Gasteiger charge is 2.30. The summed E-state index contributed by atoms with van der Waals surface area (Å²) in [6.07, 6.45) is 4.17. The molecular weight excluding hydrogens is 397 g/mol. The Morgan fingerprint density at radius 1 is 1.16 bits per heavy atom. The number of carboxylic acids is 1. The highest BCUT2D eigenvalue weighted by atomic mass is 19.1. The van der Waals surface area contributed by atoms with Crippen molar-refractivity contribution in [1.29, 1.82) is 0 Å². The van der Waals surface area contributed by atoms with Crippen LogP contribution in [0.4, 0.5) is 10.1 Å². The van der Waals surface area contributed by atoms with Gasteiger partial charge in [0, 0.05) is 43.2 Å². The second kappa shape index (κ2) is 7.50. The Kier molecular flexibility index (Phi) is 4.78. The lowest BCUT2D eigenvalue weighted by atomic mass is 9.97. The Balaban J connectivity index is 1.52. The van der Waals surface area contributed by atoms with Gasteiger partial charge in [0.15, 0.2) is 0 Å². The van der Waals surface area contributed by atoms with Crippen molar-refractivity contribution in [3.8, 4) is 0 Å². The van der Waals surface area contributed by atoms with E-state index in [1.807, 2.05) is 21.6 Å². The molecule has 2 fully saturated rings. The predicted octanol–water partition coefficient (Wildman–Crippen LogP) is 3.63. The summed E-state index contributed by atoms with van der Waals surface area (Å²) in [5.74, 6) is -1.48. The zero-order chi connectivity index (χ0) is 21.7. The summed E-state index contributed by atoms with van der Waals surface area (Å²) < 4.78 is 16.9. The molecule has 1 aliphatic carbocycles. The maximum Gasteiger partial charge on any atom is 0.341 e. The maximum absolute atomic E-state index is 15.1. The number of halogens is 1. The zero-order valence-electron chi connectivity index (χ0n) is 17.1.